The van der Waals surface area contributed by atoms with Gasteiger partial charge in [-0.2, -0.15) is 0 Å². The van der Waals surface area contributed by atoms with Crippen molar-refractivity contribution in [3.8, 4) is 11.5 Å². The van der Waals surface area contributed by atoms with Crippen molar-refractivity contribution in [2.75, 3.05) is 24.4 Å². The number of fused-ring (bicyclic) bond motifs is 2. The van der Waals surface area contributed by atoms with Crippen LogP contribution in [0.25, 0.3) is 0 Å². The van der Waals surface area contributed by atoms with E-state index in [-0.39, 0.29) is 5.91 Å². The maximum Gasteiger partial charge on any atom is 0.265 e. The Morgan fingerprint density at radius 1 is 0.815 bits per heavy atom. The maximum atomic E-state index is 13.6. The van der Waals surface area contributed by atoms with Crippen molar-refractivity contribution < 1.29 is 14.3 Å². The van der Waals surface area contributed by atoms with E-state index >= 15 is 0 Å². The standard InChI is InChI=1S/C22H20N2O3/c1-14-6-4-5-7-20(14)24-21-11-9-16(27-3)13-19(21)23-18-10-8-15(26-2)12-17(18)22(24)25/h4-13,23H,1-3H3. The van der Waals surface area contributed by atoms with Crippen molar-refractivity contribution in [3.63, 3.8) is 0 Å². The number of methoxy groups -OCH3 is 2. The third-order valence-electron chi connectivity index (χ3n) is 4.73. The second-order valence-corrected chi connectivity index (χ2v) is 6.35. The Kier molecular flexibility index (Phi) is 4.20. The summed E-state index contributed by atoms with van der Waals surface area (Å²) in [5, 5.41) is 3.38. The number of hydrogen-bond donors (Lipinski definition) is 1. The number of ether oxygens (including phenoxy) is 2. The molecule has 0 saturated carbocycles. The predicted molar refractivity (Wildman–Crippen MR) is 107 cm³/mol. The second kappa shape index (κ2) is 6.68. The van der Waals surface area contributed by atoms with Crippen LogP contribution in [0.2, 0.25) is 0 Å². The topological polar surface area (TPSA) is 50.8 Å². The van der Waals surface area contributed by atoms with Gasteiger partial charge in [0.05, 0.1) is 42.5 Å². The van der Waals surface area contributed by atoms with Crippen LogP contribution in [0.15, 0.2) is 60.7 Å². The number of rotatable bonds is 3. The van der Waals surface area contributed by atoms with Gasteiger partial charge in [0, 0.05) is 6.07 Å². The molecule has 5 nitrogen and oxygen atoms in total. The summed E-state index contributed by atoms with van der Waals surface area (Å²) in [6, 6.07) is 19.0. The van der Waals surface area contributed by atoms with E-state index in [2.05, 4.69) is 5.32 Å². The minimum Gasteiger partial charge on any atom is -0.497 e. The summed E-state index contributed by atoms with van der Waals surface area (Å²) in [6.07, 6.45) is 0. The molecule has 1 aliphatic rings. The number of para-hydroxylation sites is 1. The minimum absolute atomic E-state index is 0.116. The molecule has 1 aliphatic heterocycles. The van der Waals surface area contributed by atoms with E-state index < -0.39 is 0 Å². The largest absolute Gasteiger partial charge is 0.497 e. The number of hydrogen-bond acceptors (Lipinski definition) is 4. The predicted octanol–water partition coefficient (Wildman–Crippen LogP) is 5.05. The van der Waals surface area contributed by atoms with E-state index in [0.29, 0.717) is 11.3 Å². The van der Waals surface area contributed by atoms with E-state index in [9.17, 15) is 4.79 Å². The summed E-state index contributed by atoms with van der Waals surface area (Å²) in [7, 11) is 3.22. The molecule has 3 aromatic carbocycles. The van der Waals surface area contributed by atoms with Crippen LogP contribution in [0.3, 0.4) is 0 Å². The van der Waals surface area contributed by atoms with Crippen molar-refractivity contribution in [2.24, 2.45) is 0 Å². The zero-order valence-electron chi connectivity index (χ0n) is 15.4. The van der Waals surface area contributed by atoms with Crippen LogP contribution >= 0.6 is 0 Å². The molecular weight excluding hydrogens is 340 g/mol. The van der Waals surface area contributed by atoms with Crippen molar-refractivity contribution in [1.29, 1.82) is 0 Å². The molecule has 27 heavy (non-hydrogen) atoms. The maximum absolute atomic E-state index is 13.6. The van der Waals surface area contributed by atoms with E-state index in [1.54, 1.807) is 25.2 Å². The molecule has 0 bridgehead atoms. The molecule has 1 heterocycles. The van der Waals surface area contributed by atoms with Crippen molar-refractivity contribution >= 4 is 28.7 Å². The third-order valence-corrected chi connectivity index (χ3v) is 4.73. The molecule has 0 aromatic heterocycles. The molecule has 1 N–H and O–H groups in total. The lowest BCUT2D eigenvalue weighted by atomic mass is 10.1. The normalized spacial score (nSPS) is 12.6. The van der Waals surface area contributed by atoms with Crippen LogP contribution in [0.1, 0.15) is 15.9 Å². The van der Waals surface area contributed by atoms with Crippen LogP contribution in [-0.2, 0) is 0 Å². The van der Waals surface area contributed by atoms with E-state index in [1.807, 2.05) is 61.5 Å². The molecule has 0 aliphatic carbocycles. The Morgan fingerprint density at radius 3 is 2.26 bits per heavy atom. The van der Waals surface area contributed by atoms with Gasteiger partial charge in [0.2, 0.25) is 0 Å². The molecule has 0 atom stereocenters. The summed E-state index contributed by atoms with van der Waals surface area (Å²) >= 11 is 0. The monoisotopic (exact) mass is 360 g/mol. The quantitative estimate of drug-likeness (QED) is 0.710. The average Bonchev–Trinajstić information content (AvgIpc) is 2.81. The van der Waals surface area contributed by atoms with Gasteiger partial charge >= 0.3 is 0 Å². The molecule has 0 spiro atoms. The van der Waals surface area contributed by atoms with Crippen LogP contribution in [0.5, 0.6) is 11.5 Å². The van der Waals surface area contributed by atoms with Gasteiger partial charge in [-0.25, -0.2) is 0 Å². The summed E-state index contributed by atoms with van der Waals surface area (Å²) in [5.41, 5.74) is 4.70. The lowest BCUT2D eigenvalue weighted by Gasteiger charge is -2.25. The lowest BCUT2D eigenvalue weighted by Crippen LogP contribution is -2.26. The summed E-state index contributed by atoms with van der Waals surface area (Å²) < 4.78 is 10.7. The number of anilines is 4. The first kappa shape index (κ1) is 17.0. The van der Waals surface area contributed by atoms with E-state index in [4.69, 9.17) is 9.47 Å². The molecular formula is C22H20N2O3. The number of aryl methyl sites for hydroxylation is 1. The molecule has 0 saturated heterocycles. The molecule has 136 valence electrons. The third kappa shape index (κ3) is 2.87. The molecule has 1 amide bonds. The number of amides is 1. The summed E-state index contributed by atoms with van der Waals surface area (Å²) in [6.45, 7) is 2.00. The Hall–Kier alpha value is -3.47. The van der Waals surface area contributed by atoms with Crippen LogP contribution in [0, 0.1) is 6.92 Å². The zero-order valence-corrected chi connectivity index (χ0v) is 15.4. The number of nitrogens with one attached hydrogen (secondary N) is 1. The molecule has 4 rings (SSSR count). The van der Waals surface area contributed by atoms with Gasteiger partial charge in [-0.05, 0) is 48.9 Å². The van der Waals surface area contributed by atoms with Gasteiger partial charge in [-0.1, -0.05) is 18.2 Å². The first-order valence-electron chi connectivity index (χ1n) is 8.65. The molecule has 0 unspecified atom stereocenters. The molecule has 5 heteroatoms. The molecule has 0 fully saturated rings. The Balaban J connectivity index is 1.98. The minimum atomic E-state index is -0.116. The Bertz CT molecular complexity index is 1030. The van der Waals surface area contributed by atoms with Gasteiger partial charge in [0.25, 0.3) is 5.91 Å². The highest BCUT2D eigenvalue weighted by Gasteiger charge is 2.29. The number of benzene rings is 3. The van der Waals surface area contributed by atoms with Gasteiger partial charge in [0.15, 0.2) is 0 Å². The zero-order chi connectivity index (χ0) is 19.0. The Labute approximate surface area is 158 Å². The van der Waals surface area contributed by atoms with E-state index in [0.717, 1.165) is 34.1 Å². The first-order chi connectivity index (χ1) is 13.1. The lowest BCUT2D eigenvalue weighted by molar-refractivity contribution is 0.1000. The highest BCUT2D eigenvalue weighted by molar-refractivity contribution is 6.17. The van der Waals surface area contributed by atoms with Crippen LogP contribution in [-0.4, -0.2) is 20.1 Å². The van der Waals surface area contributed by atoms with Gasteiger partial charge in [-0.3, -0.25) is 9.69 Å². The van der Waals surface area contributed by atoms with Gasteiger partial charge in [-0.15, -0.1) is 0 Å². The van der Waals surface area contributed by atoms with Gasteiger partial charge in [0.1, 0.15) is 11.5 Å². The van der Waals surface area contributed by atoms with Gasteiger partial charge < -0.3 is 14.8 Å². The Morgan fingerprint density at radius 2 is 1.52 bits per heavy atom. The summed E-state index contributed by atoms with van der Waals surface area (Å²) in [5.74, 6) is 1.24. The van der Waals surface area contributed by atoms with Crippen LogP contribution in [0.4, 0.5) is 22.7 Å². The number of carbonyl (C=O) groups is 1. The number of carbonyl (C=O) groups excluding carboxylic acids is 1. The average molecular weight is 360 g/mol. The van der Waals surface area contributed by atoms with Crippen molar-refractivity contribution in [3.05, 3.63) is 71.8 Å². The summed E-state index contributed by atoms with van der Waals surface area (Å²) in [4.78, 5) is 15.3. The second-order valence-electron chi connectivity index (χ2n) is 6.35. The van der Waals surface area contributed by atoms with Crippen molar-refractivity contribution in [1.82, 2.24) is 0 Å². The highest BCUT2D eigenvalue weighted by Crippen LogP contribution is 2.42. The van der Waals surface area contributed by atoms with Crippen molar-refractivity contribution in [2.45, 2.75) is 6.92 Å². The fraction of sp³-hybridized carbons (Fsp3) is 0.136. The SMILES string of the molecule is COc1ccc2c(c1)Nc1ccc(OC)cc1C(=O)N2c1ccccc1C. The number of nitrogens with zero attached hydrogens (tertiary/aromatic N) is 1. The fourth-order valence-electron chi connectivity index (χ4n) is 3.30. The van der Waals surface area contributed by atoms with Crippen LogP contribution < -0.4 is 19.7 Å². The van der Waals surface area contributed by atoms with E-state index in [1.165, 1.54) is 0 Å². The first-order valence-corrected chi connectivity index (χ1v) is 8.65. The fourth-order valence-corrected chi connectivity index (χ4v) is 3.30. The smallest absolute Gasteiger partial charge is 0.265 e. The molecule has 0 radical (unpaired) electrons. The highest BCUT2D eigenvalue weighted by atomic mass is 16.5. The molecule has 3 aromatic rings.